The number of halogens is 6. The van der Waals surface area contributed by atoms with Crippen LogP contribution in [0.15, 0.2) is 0 Å². The zero-order valence-electron chi connectivity index (χ0n) is 4.77. The van der Waals surface area contributed by atoms with E-state index in [1.165, 1.54) is 0 Å². The Morgan fingerprint density at radius 3 is 0.429 bits per heavy atom. The molecule has 0 saturated heterocycles. The van der Waals surface area contributed by atoms with Crippen molar-refractivity contribution in [2.45, 2.75) is 0 Å². The van der Waals surface area contributed by atoms with Crippen LogP contribution in [-0.4, -0.2) is 0 Å². The topological polar surface area (TPSA) is 0 Å². The van der Waals surface area contributed by atoms with Gasteiger partial charge in [-0.2, -0.15) is 0 Å². The van der Waals surface area contributed by atoms with Crippen LogP contribution in [-0.2, 0) is 21.1 Å². The molecule has 0 aromatic heterocycles. The third-order valence-corrected chi connectivity index (χ3v) is 0. The minimum atomic E-state index is 0. The minimum Gasteiger partial charge on any atom is -0.147 e. The molecule has 0 N–H and O–H groups in total. The molecule has 0 saturated carbocycles. The van der Waals surface area contributed by atoms with E-state index >= 15 is 0 Å². The van der Waals surface area contributed by atoms with Crippen molar-refractivity contribution in [3.63, 3.8) is 0 Å². The molecule has 0 aliphatic rings. The van der Waals surface area contributed by atoms with Crippen LogP contribution in [0.3, 0.4) is 0 Å². The summed E-state index contributed by atoms with van der Waals surface area (Å²) in [6, 6.07) is 0. The molecule has 0 unspecified atom stereocenters. The van der Waals surface area contributed by atoms with E-state index in [1.807, 2.05) is 0 Å². The van der Waals surface area contributed by atoms with Crippen molar-refractivity contribution in [1.29, 1.82) is 0 Å². The first-order valence-corrected chi connectivity index (χ1v) is 0. The van der Waals surface area contributed by atoms with Crippen molar-refractivity contribution in [1.82, 2.24) is 0 Å². The SMILES string of the molecule is Cl.Cl.Cl.Cl.Cl.Cl.[H+].[H+].[Pt]. The smallest absolute Gasteiger partial charge is 0.147 e. The monoisotopic (exact) mass is 413 g/mol. The molecule has 58 valence electrons. The molecule has 0 aromatic rings. The van der Waals surface area contributed by atoms with Crippen molar-refractivity contribution in [2.24, 2.45) is 0 Å². The zero-order chi connectivity index (χ0) is 0. The third kappa shape index (κ3) is 59.1. The van der Waals surface area contributed by atoms with Crippen LogP contribution in [0.4, 0.5) is 0 Å². The van der Waals surface area contributed by atoms with Crippen LogP contribution in [0.25, 0.3) is 0 Å². The third-order valence-electron chi connectivity index (χ3n) is 0. The Hall–Kier alpha value is 2.43. The molecule has 0 aromatic carbocycles. The van der Waals surface area contributed by atoms with Crippen LogP contribution in [0.5, 0.6) is 0 Å². The summed E-state index contributed by atoms with van der Waals surface area (Å²) in [4.78, 5) is 0. The quantitative estimate of drug-likeness (QED) is 0.571. The van der Waals surface area contributed by atoms with Gasteiger partial charge in [-0.1, -0.05) is 0 Å². The van der Waals surface area contributed by atoms with E-state index < -0.39 is 0 Å². The summed E-state index contributed by atoms with van der Waals surface area (Å²) in [7, 11) is 0. The number of rotatable bonds is 0. The molecule has 0 rings (SSSR count). The van der Waals surface area contributed by atoms with Gasteiger partial charge in [-0.05, 0) is 0 Å². The van der Waals surface area contributed by atoms with Crippen molar-refractivity contribution in [3.05, 3.63) is 0 Å². The maximum absolute atomic E-state index is 0. The summed E-state index contributed by atoms with van der Waals surface area (Å²) in [6.07, 6.45) is 0. The maximum Gasteiger partial charge on any atom is 1.00 e. The van der Waals surface area contributed by atoms with Gasteiger partial charge in [0.15, 0.2) is 0 Å². The normalized spacial score (nSPS) is 0. The molecule has 7 heteroatoms. The largest absolute Gasteiger partial charge is 1.00 e. The van der Waals surface area contributed by atoms with Crippen LogP contribution in [0.1, 0.15) is 2.85 Å². The van der Waals surface area contributed by atoms with Crippen molar-refractivity contribution in [3.8, 4) is 0 Å². The van der Waals surface area contributed by atoms with E-state index in [9.17, 15) is 0 Å². The Bertz CT molecular complexity index is 11.0. The average molecular weight is 416 g/mol. The fourth-order valence-corrected chi connectivity index (χ4v) is 0. The molecule has 7 heavy (non-hydrogen) atoms. The van der Waals surface area contributed by atoms with Gasteiger partial charge in [0.2, 0.25) is 0 Å². The molecule has 0 amide bonds. The number of hydrogen-bond acceptors (Lipinski definition) is 0. The number of hydrogen-bond donors (Lipinski definition) is 0. The molecule has 0 nitrogen and oxygen atoms in total. The van der Waals surface area contributed by atoms with Gasteiger partial charge in [0.1, 0.15) is 0 Å². The first-order valence-electron chi connectivity index (χ1n) is 0. The molecule has 0 atom stereocenters. The van der Waals surface area contributed by atoms with E-state index in [-0.39, 0.29) is 98.4 Å². The zero-order valence-corrected chi connectivity index (χ0v) is 9.94. The Kier molecular flexibility index (Phi) is 1280. The molecule has 0 spiro atoms. The van der Waals surface area contributed by atoms with Crippen LogP contribution < -0.4 is 0 Å². The molecule has 0 radical (unpaired) electrons. The molecule has 0 aliphatic heterocycles. The first-order chi connectivity index (χ1) is 0. The van der Waals surface area contributed by atoms with Crippen molar-refractivity contribution < 1.29 is 23.9 Å². The van der Waals surface area contributed by atoms with Crippen LogP contribution in [0.2, 0.25) is 0 Å². The summed E-state index contributed by atoms with van der Waals surface area (Å²) < 4.78 is 0. The van der Waals surface area contributed by atoms with Gasteiger partial charge in [0.05, 0.1) is 0 Å². The van der Waals surface area contributed by atoms with Gasteiger partial charge in [-0.15, -0.1) is 74.4 Å². The maximum atomic E-state index is 0. The van der Waals surface area contributed by atoms with Crippen molar-refractivity contribution >= 4 is 74.4 Å². The molecular weight excluding hydrogens is 408 g/mol. The van der Waals surface area contributed by atoms with Gasteiger partial charge in [0, 0.05) is 21.1 Å². The van der Waals surface area contributed by atoms with Crippen LogP contribution in [0, 0.1) is 0 Å². The van der Waals surface area contributed by atoms with Gasteiger partial charge >= 0.3 is 2.85 Å². The molecule has 0 bridgehead atoms. The second kappa shape index (κ2) is 78.9. The summed E-state index contributed by atoms with van der Waals surface area (Å²) in [5, 5.41) is 0. The second-order valence-electron chi connectivity index (χ2n) is 0. The van der Waals surface area contributed by atoms with Gasteiger partial charge in [-0.3, -0.25) is 0 Å². The molecular formula is H8Cl6Pt+2. The molecule has 0 fully saturated rings. The minimum absolute atomic E-state index is 0. The first kappa shape index (κ1) is 114. The Labute approximate surface area is 97.6 Å². The fraction of sp³-hybridized carbons (Fsp3) is 0. The van der Waals surface area contributed by atoms with Gasteiger partial charge in [0.25, 0.3) is 0 Å². The summed E-state index contributed by atoms with van der Waals surface area (Å²) >= 11 is 0. The van der Waals surface area contributed by atoms with E-state index in [1.54, 1.807) is 0 Å². The Morgan fingerprint density at radius 2 is 0.429 bits per heavy atom. The predicted molar refractivity (Wildman–Crippen MR) is 45.7 cm³/mol. The summed E-state index contributed by atoms with van der Waals surface area (Å²) in [6.45, 7) is 0. The Morgan fingerprint density at radius 1 is 0.429 bits per heavy atom. The Balaban J connectivity index is 0. The van der Waals surface area contributed by atoms with Crippen molar-refractivity contribution in [2.75, 3.05) is 0 Å². The fourth-order valence-electron chi connectivity index (χ4n) is 0. The summed E-state index contributed by atoms with van der Waals surface area (Å²) in [5.74, 6) is 0. The predicted octanol–water partition coefficient (Wildman–Crippen LogP) is 2.75. The van der Waals surface area contributed by atoms with E-state index in [4.69, 9.17) is 0 Å². The average Bonchev–Trinajstić information content (AvgIpc) is 0. The molecule has 0 heterocycles. The second-order valence-corrected chi connectivity index (χ2v) is 0. The molecule has 0 aliphatic carbocycles. The standard InChI is InChI=1S/6ClH.Pt/h6*1H;/p+2. The van der Waals surface area contributed by atoms with E-state index in [2.05, 4.69) is 0 Å². The van der Waals surface area contributed by atoms with Gasteiger partial charge in [-0.25, -0.2) is 0 Å². The van der Waals surface area contributed by atoms with Crippen LogP contribution >= 0.6 is 74.4 Å². The van der Waals surface area contributed by atoms with Gasteiger partial charge < -0.3 is 0 Å². The van der Waals surface area contributed by atoms with E-state index in [0.29, 0.717) is 0 Å². The van der Waals surface area contributed by atoms with E-state index in [0.717, 1.165) is 0 Å². The summed E-state index contributed by atoms with van der Waals surface area (Å²) in [5.41, 5.74) is 0.